The molecule has 2 aromatic rings. The third-order valence-electron chi connectivity index (χ3n) is 3.27. The van der Waals surface area contributed by atoms with Gasteiger partial charge in [-0.2, -0.15) is 10.4 Å². The zero-order valence-electron chi connectivity index (χ0n) is 12.2. The Morgan fingerprint density at radius 1 is 1.30 bits per heavy atom. The molecule has 0 saturated carbocycles. The Morgan fingerprint density at radius 2 is 1.95 bits per heavy atom. The number of ether oxygens (including phenoxy) is 1. The first kappa shape index (κ1) is 14.2. The van der Waals surface area contributed by atoms with E-state index in [2.05, 4.69) is 16.2 Å². The summed E-state index contributed by atoms with van der Waals surface area (Å²) in [4.78, 5) is 4.44. The smallest absolute Gasteiger partial charge is 0.181 e. The van der Waals surface area contributed by atoms with Crippen molar-refractivity contribution >= 4 is 0 Å². The van der Waals surface area contributed by atoms with Crippen molar-refractivity contribution < 1.29 is 4.74 Å². The third kappa shape index (κ3) is 2.70. The Morgan fingerprint density at radius 3 is 2.50 bits per heavy atom. The van der Waals surface area contributed by atoms with E-state index in [1.807, 2.05) is 45.2 Å². The average molecular weight is 270 g/mol. The summed E-state index contributed by atoms with van der Waals surface area (Å²) < 4.78 is 6.79. The lowest BCUT2D eigenvalue weighted by Gasteiger charge is -2.15. The molecule has 0 atom stereocenters. The summed E-state index contributed by atoms with van der Waals surface area (Å²) in [5, 5.41) is 13.5. The van der Waals surface area contributed by atoms with Gasteiger partial charge < -0.3 is 4.74 Å². The first-order chi connectivity index (χ1) is 9.47. The van der Waals surface area contributed by atoms with E-state index in [4.69, 9.17) is 10.00 Å². The molecule has 104 valence electrons. The van der Waals surface area contributed by atoms with Gasteiger partial charge in [-0.25, -0.2) is 4.98 Å². The molecule has 0 fully saturated rings. The second-order valence-electron chi connectivity index (χ2n) is 5.22. The van der Waals surface area contributed by atoms with Gasteiger partial charge in [0.1, 0.15) is 6.61 Å². The highest BCUT2D eigenvalue weighted by Gasteiger charge is 2.19. The Balaban J connectivity index is 2.31. The molecule has 0 saturated heterocycles. The van der Waals surface area contributed by atoms with Gasteiger partial charge >= 0.3 is 0 Å². The van der Waals surface area contributed by atoms with Crippen LogP contribution in [0.15, 0.2) is 24.3 Å². The van der Waals surface area contributed by atoms with Crippen LogP contribution in [0, 0.1) is 11.3 Å². The molecule has 0 amide bonds. The minimum Gasteiger partial charge on any atom is -0.377 e. The number of rotatable bonds is 4. The van der Waals surface area contributed by atoms with Gasteiger partial charge in [-0.3, -0.25) is 4.68 Å². The number of nitriles is 1. The van der Waals surface area contributed by atoms with Crippen LogP contribution in [0.2, 0.25) is 0 Å². The maximum atomic E-state index is 9.14. The van der Waals surface area contributed by atoms with Gasteiger partial charge in [0.25, 0.3) is 0 Å². The second-order valence-corrected chi connectivity index (χ2v) is 5.22. The zero-order chi connectivity index (χ0) is 14.8. The summed E-state index contributed by atoms with van der Waals surface area (Å²) in [6.45, 7) is 4.23. The van der Waals surface area contributed by atoms with Crippen molar-refractivity contribution in [3.05, 3.63) is 35.7 Å². The molecular weight excluding hydrogens is 252 g/mol. The number of hydrogen-bond donors (Lipinski definition) is 0. The molecule has 1 aromatic carbocycles. The van der Waals surface area contributed by atoms with Crippen LogP contribution in [0.5, 0.6) is 0 Å². The normalized spacial score (nSPS) is 11.3. The van der Waals surface area contributed by atoms with Crippen LogP contribution >= 0.6 is 0 Å². The first-order valence-electron chi connectivity index (χ1n) is 6.39. The van der Waals surface area contributed by atoms with Gasteiger partial charge in [-0.05, 0) is 19.4 Å². The van der Waals surface area contributed by atoms with E-state index in [-0.39, 0.29) is 0 Å². The Bertz CT molecular complexity index is 635. The molecule has 0 aliphatic heterocycles. The molecule has 0 unspecified atom stereocenters. The summed E-state index contributed by atoms with van der Waals surface area (Å²) in [7, 11) is 3.48. The van der Waals surface area contributed by atoms with Crippen molar-refractivity contribution in [3.8, 4) is 17.5 Å². The van der Waals surface area contributed by atoms with E-state index in [0.29, 0.717) is 12.4 Å². The maximum Gasteiger partial charge on any atom is 0.181 e. The van der Waals surface area contributed by atoms with Crippen LogP contribution in [0.25, 0.3) is 11.4 Å². The largest absolute Gasteiger partial charge is 0.377 e. The summed E-state index contributed by atoms with van der Waals surface area (Å²) in [5.41, 5.74) is 1.43. The third-order valence-corrected chi connectivity index (χ3v) is 3.27. The molecule has 20 heavy (non-hydrogen) atoms. The summed E-state index contributed by atoms with van der Waals surface area (Å²) in [6, 6.07) is 10.1. The number of hydrogen-bond acceptors (Lipinski definition) is 4. The van der Waals surface area contributed by atoms with Crippen LogP contribution in [0.3, 0.4) is 0 Å². The van der Waals surface area contributed by atoms with Crippen LogP contribution in [0.1, 0.15) is 25.2 Å². The highest BCUT2D eigenvalue weighted by molar-refractivity contribution is 5.55. The predicted molar refractivity (Wildman–Crippen MR) is 75.8 cm³/mol. The monoisotopic (exact) mass is 270 g/mol. The van der Waals surface area contributed by atoms with Crippen molar-refractivity contribution in [2.24, 2.45) is 7.05 Å². The van der Waals surface area contributed by atoms with E-state index in [0.717, 1.165) is 17.0 Å². The van der Waals surface area contributed by atoms with Crippen LogP contribution in [0.4, 0.5) is 0 Å². The molecule has 0 spiro atoms. The molecule has 0 radical (unpaired) electrons. The van der Waals surface area contributed by atoms with Crippen molar-refractivity contribution in [1.82, 2.24) is 14.8 Å². The van der Waals surface area contributed by atoms with Gasteiger partial charge in [0, 0.05) is 19.7 Å². The Labute approximate surface area is 118 Å². The molecule has 1 heterocycles. The fourth-order valence-electron chi connectivity index (χ4n) is 1.89. The first-order valence-corrected chi connectivity index (χ1v) is 6.39. The summed E-state index contributed by atoms with van der Waals surface area (Å²) >= 11 is 0. The average Bonchev–Trinajstić information content (AvgIpc) is 2.81. The van der Waals surface area contributed by atoms with Crippen LogP contribution in [-0.2, 0) is 23.8 Å². The highest BCUT2D eigenvalue weighted by atomic mass is 16.5. The van der Waals surface area contributed by atoms with Crippen LogP contribution in [-0.4, -0.2) is 21.9 Å². The number of aromatic nitrogens is 3. The minimum absolute atomic E-state index is 0.434. The van der Waals surface area contributed by atoms with Gasteiger partial charge in [0.05, 0.1) is 11.5 Å². The lowest BCUT2D eigenvalue weighted by atomic mass is 9.86. The molecule has 0 N–H and O–H groups in total. The second kappa shape index (κ2) is 5.43. The Kier molecular flexibility index (Phi) is 3.86. The van der Waals surface area contributed by atoms with E-state index in [1.54, 1.807) is 11.8 Å². The SMILES string of the molecule is COCc1nc(-c2ccc(C(C)(C)C#N)cc2)nn1C. The van der Waals surface area contributed by atoms with Crippen molar-refractivity contribution in [2.45, 2.75) is 25.9 Å². The lowest BCUT2D eigenvalue weighted by molar-refractivity contribution is 0.174. The maximum absolute atomic E-state index is 9.14. The van der Waals surface area contributed by atoms with E-state index in [9.17, 15) is 0 Å². The lowest BCUT2D eigenvalue weighted by Crippen LogP contribution is -2.13. The van der Waals surface area contributed by atoms with Gasteiger partial charge in [-0.15, -0.1) is 0 Å². The zero-order valence-corrected chi connectivity index (χ0v) is 12.2. The van der Waals surface area contributed by atoms with Crippen LogP contribution < -0.4 is 0 Å². The molecule has 0 aliphatic carbocycles. The summed E-state index contributed by atoms with van der Waals surface area (Å²) in [6.07, 6.45) is 0. The number of aryl methyl sites for hydroxylation is 1. The standard InChI is InChI=1S/C15H18N4O/c1-15(2,10-16)12-7-5-11(6-8-12)14-17-13(9-20-4)19(3)18-14/h5-8H,9H2,1-4H3. The molecule has 5 nitrogen and oxygen atoms in total. The topological polar surface area (TPSA) is 63.7 Å². The molecule has 1 aromatic heterocycles. The highest BCUT2D eigenvalue weighted by Crippen LogP contribution is 2.24. The van der Waals surface area contributed by atoms with Gasteiger partial charge in [-0.1, -0.05) is 24.3 Å². The fourth-order valence-corrected chi connectivity index (χ4v) is 1.89. The Hall–Kier alpha value is -2.19. The van der Waals surface area contributed by atoms with Gasteiger partial charge in [0.2, 0.25) is 0 Å². The fraction of sp³-hybridized carbons (Fsp3) is 0.400. The predicted octanol–water partition coefficient (Wildman–Crippen LogP) is 2.43. The number of benzene rings is 1. The molecule has 5 heteroatoms. The number of methoxy groups -OCH3 is 1. The quantitative estimate of drug-likeness (QED) is 0.856. The molecule has 2 rings (SSSR count). The summed E-state index contributed by atoms with van der Waals surface area (Å²) in [5.74, 6) is 1.45. The van der Waals surface area contributed by atoms with Gasteiger partial charge in [0.15, 0.2) is 11.6 Å². The van der Waals surface area contributed by atoms with E-state index >= 15 is 0 Å². The number of nitrogens with zero attached hydrogens (tertiary/aromatic N) is 4. The van der Waals surface area contributed by atoms with E-state index < -0.39 is 5.41 Å². The van der Waals surface area contributed by atoms with Crippen molar-refractivity contribution in [1.29, 1.82) is 5.26 Å². The molecule has 0 bridgehead atoms. The minimum atomic E-state index is -0.489. The van der Waals surface area contributed by atoms with Crippen molar-refractivity contribution in [2.75, 3.05) is 7.11 Å². The molecular formula is C15H18N4O. The van der Waals surface area contributed by atoms with Crippen molar-refractivity contribution in [3.63, 3.8) is 0 Å². The van der Waals surface area contributed by atoms with E-state index in [1.165, 1.54) is 0 Å². The molecule has 0 aliphatic rings.